The van der Waals surface area contributed by atoms with E-state index >= 15 is 0 Å². The lowest BCUT2D eigenvalue weighted by molar-refractivity contribution is 0.407. The van der Waals surface area contributed by atoms with Crippen LogP contribution in [-0.2, 0) is 0 Å². The Bertz CT molecular complexity index is 252. The minimum absolute atomic E-state index is 0.606. The van der Waals surface area contributed by atoms with Gasteiger partial charge in [-0.2, -0.15) is 11.8 Å². The highest BCUT2D eigenvalue weighted by atomic mass is 32.2. The molecule has 1 fully saturated rings. The summed E-state index contributed by atoms with van der Waals surface area (Å²) < 4.78 is 0. The van der Waals surface area contributed by atoms with E-state index in [1.807, 2.05) is 11.3 Å². The van der Waals surface area contributed by atoms with E-state index in [0.717, 1.165) is 12.5 Å². The summed E-state index contributed by atoms with van der Waals surface area (Å²) in [4.78, 5) is 1.51. The molecule has 1 aliphatic rings. The number of hydrogen-bond acceptors (Lipinski definition) is 3. The van der Waals surface area contributed by atoms with Crippen molar-refractivity contribution in [1.82, 2.24) is 5.32 Å². The average molecular weight is 227 g/mol. The summed E-state index contributed by atoms with van der Waals surface area (Å²) in [5.74, 6) is 3.52. The van der Waals surface area contributed by atoms with E-state index in [-0.39, 0.29) is 0 Å². The van der Waals surface area contributed by atoms with Gasteiger partial charge in [0.05, 0.1) is 0 Å². The molecule has 2 unspecified atom stereocenters. The monoisotopic (exact) mass is 227 g/mol. The highest BCUT2D eigenvalue weighted by molar-refractivity contribution is 7.99. The summed E-state index contributed by atoms with van der Waals surface area (Å²) in [7, 11) is 0. The van der Waals surface area contributed by atoms with Gasteiger partial charge in [0.1, 0.15) is 0 Å². The average Bonchev–Trinajstić information content (AvgIpc) is 2.87. The van der Waals surface area contributed by atoms with Crippen LogP contribution in [0.5, 0.6) is 0 Å². The second-order valence-electron chi connectivity index (χ2n) is 3.67. The third-order valence-corrected chi connectivity index (χ3v) is 4.85. The van der Waals surface area contributed by atoms with Crippen LogP contribution in [0.25, 0.3) is 0 Å². The van der Waals surface area contributed by atoms with Crippen LogP contribution in [0.1, 0.15) is 24.3 Å². The van der Waals surface area contributed by atoms with Crippen LogP contribution in [0.15, 0.2) is 17.5 Å². The van der Waals surface area contributed by atoms with Gasteiger partial charge in [0.15, 0.2) is 0 Å². The molecule has 78 valence electrons. The van der Waals surface area contributed by atoms with E-state index in [4.69, 9.17) is 0 Å². The second kappa shape index (κ2) is 5.19. The topological polar surface area (TPSA) is 12.0 Å². The first kappa shape index (κ1) is 10.5. The smallest absolute Gasteiger partial charge is 0.0451 e. The largest absolute Gasteiger partial charge is 0.309 e. The minimum atomic E-state index is 0.606. The molecule has 0 saturated carbocycles. The molecular formula is C11H17NS2. The third-order valence-electron chi connectivity index (χ3n) is 2.71. The Morgan fingerprint density at radius 1 is 1.64 bits per heavy atom. The fourth-order valence-corrected chi connectivity index (χ4v) is 4.20. The molecular weight excluding hydrogens is 210 g/mol. The van der Waals surface area contributed by atoms with Crippen LogP contribution in [0.4, 0.5) is 0 Å². The van der Waals surface area contributed by atoms with E-state index in [9.17, 15) is 0 Å². The summed E-state index contributed by atoms with van der Waals surface area (Å²) in [5.41, 5.74) is 0. The Balaban J connectivity index is 2.06. The van der Waals surface area contributed by atoms with Crippen molar-refractivity contribution in [3.63, 3.8) is 0 Å². The molecule has 0 bridgehead atoms. The molecule has 0 radical (unpaired) electrons. The molecule has 3 heteroatoms. The lowest BCUT2D eigenvalue weighted by Crippen LogP contribution is -2.27. The molecule has 1 aromatic rings. The first-order valence-corrected chi connectivity index (χ1v) is 7.29. The van der Waals surface area contributed by atoms with Gasteiger partial charge >= 0.3 is 0 Å². The zero-order chi connectivity index (χ0) is 9.80. The Kier molecular flexibility index (Phi) is 3.90. The quantitative estimate of drug-likeness (QED) is 0.848. The molecule has 0 aromatic carbocycles. The zero-order valence-electron chi connectivity index (χ0n) is 8.53. The van der Waals surface area contributed by atoms with Gasteiger partial charge in [0.25, 0.3) is 0 Å². The fourth-order valence-electron chi connectivity index (χ4n) is 2.00. The molecule has 2 atom stereocenters. The molecule has 0 aliphatic carbocycles. The molecule has 1 aliphatic heterocycles. The number of thioether (sulfide) groups is 1. The van der Waals surface area contributed by atoms with Crippen molar-refractivity contribution >= 4 is 23.1 Å². The summed E-state index contributed by atoms with van der Waals surface area (Å²) >= 11 is 3.98. The van der Waals surface area contributed by atoms with Crippen molar-refractivity contribution in [2.75, 3.05) is 18.1 Å². The van der Waals surface area contributed by atoms with Crippen LogP contribution >= 0.6 is 23.1 Å². The maximum absolute atomic E-state index is 3.62. The number of nitrogens with one attached hydrogen (secondary N) is 1. The van der Waals surface area contributed by atoms with Crippen LogP contribution in [0.2, 0.25) is 0 Å². The number of thiophene rings is 1. The summed E-state index contributed by atoms with van der Waals surface area (Å²) in [6.45, 7) is 3.27. The SMILES string of the molecule is CCNC(c1cccs1)C1CCSC1. The zero-order valence-corrected chi connectivity index (χ0v) is 10.2. The van der Waals surface area contributed by atoms with E-state index < -0.39 is 0 Å². The van der Waals surface area contributed by atoms with Crippen LogP contribution in [0, 0.1) is 5.92 Å². The Hall–Kier alpha value is 0.01000. The van der Waals surface area contributed by atoms with Crippen molar-refractivity contribution in [2.24, 2.45) is 5.92 Å². The first-order valence-electron chi connectivity index (χ1n) is 5.26. The van der Waals surface area contributed by atoms with E-state index in [1.165, 1.54) is 22.8 Å². The second-order valence-corrected chi connectivity index (χ2v) is 5.80. The van der Waals surface area contributed by atoms with Crippen molar-refractivity contribution in [3.05, 3.63) is 22.4 Å². The molecule has 2 heterocycles. The van der Waals surface area contributed by atoms with Gasteiger partial charge in [-0.15, -0.1) is 11.3 Å². The molecule has 0 spiro atoms. The van der Waals surface area contributed by atoms with Crippen LogP contribution < -0.4 is 5.32 Å². The van der Waals surface area contributed by atoms with Gasteiger partial charge in [-0.05, 0) is 41.8 Å². The summed E-state index contributed by atoms with van der Waals surface area (Å²) in [5, 5.41) is 5.81. The molecule has 0 amide bonds. The van der Waals surface area contributed by atoms with Gasteiger partial charge in [0, 0.05) is 10.9 Å². The highest BCUT2D eigenvalue weighted by Gasteiger charge is 2.26. The molecule has 14 heavy (non-hydrogen) atoms. The molecule has 1 saturated heterocycles. The van der Waals surface area contributed by atoms with Crippen molar-refractivity contribution in [2.45, 2.75) is 19.4 Å². The maximum atomic E-state index is 3.62. The Labute approximate surface area is 94.3 Å². The lowest BCUT2D eigenvalue weighted by Gasteiger charge is -2.22. The fraction of sp³-hybridized carbons (Fsp3) is 0.636. The molecule has 1 nitrogen and oxygen atoms in total. The number of hydrogen-bond donors (Lipinski definition) is 1. The van der Waals surface area contributed by atoms with Crippen molar-refractivity contribution in [1.29, 1.82) is 0 Å². The van der Waals surface area contributed by atoms with Gasteiger partial charge in [-0.1, -0.05) is 13.0 Å². The first-order chi connectivity index (χ1) is 6.92. The standard InChI is InChI=1S/C11H17NS2/c1-2-12-11(9-5-7-13-8-9)10-4-3-6-14-10/h3-4,6,9,11-12H,2,5,7-8H2,1H3. The van der Waals surface area contributed by atoms with Crippen LogP contribution in [0.3, 0.4) is 0 Å². The Morgan fingerprint density at radius 2 is 2.57 bits per heavy atom. The molecule has 1 aromatic heterocycles. The molecule has 2 rings (SSSR count). The summed E-state index contributed by atoms with van der Waals surface area (Å²) in [6.07, 6.45) is 1.38. The van der Waals surface area contributed by atoms with Crippen molar-refractivity contribution < 1.29 is 0 Å². The van der Waals surface area contributed by atoms with Crippen LogP contribution in [-0.4, -0.2) is 18.1 Å². The van der Waals surface area contributed by atoms with Gasteiger partial charge in [0.2, 0.25) is 0 Å². The minimum Gasteiger partial charge on any atom is -0.309 e. The van der Waals surface area contributed by atoms with E-state index in [1.54, 1.807) is 0 Å². The third kappa shape index (κ3) is 2.33. The normalized spacial score (nSPS) is 23.9. The predicted molar refractivity (Wildman–Crippen MR) is 66.2 cm³/mol. The van der Waals surface area contributed by atoms with Gasteiger partial charge < -0.3 is 5.32 Å². The number of rotatable bonds is 4. The summed E-state index contributed by atoms with van der Waals surface area (Å²) in [6, 6.07) is 5.03. The van der Waals surface area contributed by atoms with Gasteiger partial charge in [-0.25, -0.2) is 0 Å². The Morgan fingerprint density at radius 3 is 3.14 bits per heavy atom. The van der Waals surface area contributed by atoms with Crippen molar-refractivity contribution in [3.8, 4) is 0 Å². The maximum Gasteiger partial charge on any atom is 0.0451 e. The molecule has 1 N–H and O–H groups in total. The van der Waals surface area contributed by atoms with E-state index in [0.29, 0.717) is 6.04 Å². The predicted octanol–water partition coefficient (Wildman–Crippen LogP) is 3.15. The van der Waals surface area contributed by atoms with E-state index in [2.05, 4.69) is 41.5 Å². The highest BCUT2D eigenvalue weighted by Crippen LogP contribution is 2.35. The lowest BCUT2D eigenvalue weighted by atomic mass is 9.98. The van der Waals surface area contributed by atoms with Gasteiger partial charge in [-0.3, -0.25) is 0 Å².